The van der Waals surface area contributed by atoms with Crippen molar-refractivity contribution in [2.45, 2.75) is 32.2 Å². The maximum atomic E-state index is 5.85. The Hall–Kier alpha value is -1.61. The van der Waals surface area contributed by atoms with Crippen LogP contribution in [0.25, 0.3) is 10.8 Å². The third-order valence-corrected chi connectivity index (χ3v) is 4.58. The summed E-state index contributed by atoms with van der Waals surface area (Å²) in [5, 5.41) is 2.40. The van der Waals surface area contributed by atoms with Gasteiger partial charge in [0.05, 0.1) is 0 Å². The van der Waals surface area contributed by atoms with Crippen molar-refractivity contribution in [2.24, 2.45) is 5.73 Å². The van der Waals surface area contributed by atoms with Crippen LogP contribution in [0.1, 0.15) is 32.3 Å². The smallest absolute Gasteiger partial charge is 0.104 e. The summed E-state index contributed by atoms with van der Waals surface area (Å²) in [5.74, 6) is 0. The Bertz CT molecular complexity index is 676. The van der Waals surface area contributed by atoms with Crippen LogP contribution in [0.4, 0.5) is 5.69 Å². The third-order valence-electron chi connectivity index (χ3n) is 4.36. The van der Waals surface area contributed by atoms with Gasteiger partial charge in [-0.15, -0.1) is 0 Å². The second kappa shape index (κ2) is 4.74. The van der Waals surface area contributed by atoms with E-state index in [2.05, 4.69) is 49.1 Å². The van der Waals surface area contributed by atoms with E-state index in [0.29, 0.717) is 4.99 Å². The van der Waals surface area contributed by atoms with Gasteiger partial charge in [-0.25, -0.2) is 0 Å². The number of anilines is 1. The Labute approximate surface area is 125 Å². The zero-order chi connectivity index (χ0) is 14.3. The molecule has 0 spiro atoms. The van der Waals surface area contributed by atoms with E-state index in [0.717, 1.165) is 17.5 Å². The molecule has 1 saturated heterocycles. The molecule has 20 heavy (non-hydrogen) atoms. The molecule has 2 aromatic carbocycles. The molecular formula is C17H20N2S. The molecule has 0 saturated carbocycles. The van der Waals surface area contributed by atoms with Crippen LogP contribution in [0.2, 0.25) is 0 Å². The molecule has 1 aliphatic rings. The minimum Gasteiger partial charge on any atom is -0.389 e. The van der Waals surface area contributed by atoms with Gasteiger partial charge in [-0.2, -0.15) is 0 Å². The standard InChI is InChI=1S/C17H20N2S/c1-17(2)10-5-11-19(17)15-9-8-14(16(18)20)12-6-3-4-7-13(12)15/h3-4,6-9H,5,10-11H2,1-2H3,(H2,18,20). The zero-order valence-electron chi connectivity index (χ0n) is 12.0. The second-order valence-corrected chi connectivity index (χ2v) is 6.55. The van der Waals surface area contributed by atoms with Gasteiger partial charge in [0.25, 0.3) is 0 Å². The lowest BCUT2D eigenvalue weighted by molar-refractivity contribution is 0.519. The summed E-state index contributed by atoms with van der Waals surface area (Å²) < 4.78 is 0. The molecule has 104 valence electrons. The summed E-state index contributed by atoms with van der Waals surface area (Å²) in [7, 11) is 0. The van der Waals surface area contributed by atoms with Gasteiger partial charge >= 0.3 is 0 Å². The molecule has 2 aromatic rings. The van der Waals surface area contributed by atoms with Gasteiger partial charge < -0.3 is 10.6 Å². The van der Waals surface area contributed by atoms with Crippen molar-refractivity contribution in [1.29, 1.82) is 0 Å². The molecule has 0 atom stereocenters. The average molecular weight is 284 g/mol. The number of rotatable bonds is 2. The average Bonchev–Trinajstić information content (AvgIpc) is 2.76. The first-order valence-corrected chi connectivity index (χ1v) is 7.51. The van der Waals surface area contributed by atoms with Crippen LogP contribution in [0, 0.1) is 0 Å². The summed E-state index contributed by atoms with van der Waals surface area (Å²) in [6.45, 7) is 5.75. The monoisotopic (exact) mass is 284 g/mol. The van der Waals surface area contributed by atoms with E-state index >= 15 is 0 Å². The van der Waals surface area contributed by atoms with Gasteiger partial charge in [-0.05, 0) is 44.2 Å². The Morgan fingerprint density at radius 1 is 1.15 bits per heavy atom. The largest absolute Gasteiger partial charge is 0.389 e. The lowest BCUT2D eigenvalue weighted by Gasteiger charge is -2.34. The highest BCUT2D eigenvalue weighted by molar-refractivity contribution is 7.80. The molecule has 0 amide bonds. The van der Waals surface area contributed by atoms with Crippen molar-refractivity contribution in [3.05, 3.63) is 42.0 Å². The van der Waals surface area contributed by atoms with E-state index in [1.54, 1.807) is 0 Å². The van der Waals surface area contributed by atoms with Crippen molar-refractivity contribution >= 4 is 33.7 Å². The molecule has 0 unspecified atom stereocenters. The fourth-order valence-corrected chi connectivity index (χ4v) is 3.47. The maximum absolute atomic E-state index is 5.85. The number of hydrogen-bond acceptors (Lipinski definition) is 2. The molecular weight excluding hydrogens is 264 g/mol. The Morgan fingerprint density at radius 3 is 2.45 bits per heavy atom. The van der Waals surface area contributed by atoms with Crippen molar-refractivity contribution in [3.63, 3.8) is 0 Å². The number of nitrogens with zero attached hydrogens (tertiary/aromatic N) is 1. The van der Waals surface area contributed by atoms with Crippen molar-refractivity contribution in [1.82, 2.24) is 0 Å². The first-order valence-electron chi connectivity index (χ1n) is 7.10. The molecule has 2 nitrogen and oxygen atoms in total. The molecule has 1 heterocycles. The van der Waals surface area contributed by atoms with E-state index in [4.69, 9.17) is 18.0 Å². The number of hydrogen-bond donors (Lipinski definition) is 1. The maximum Gasteiger partial charge on any atom is 0.104 e. The summed E-state index contributed by atoms with van der Waals surface area (Å²) in [4.78, 5) is 2.98. The van der Waals surface area contributed by atoms with Crippen LogP contribution >= 0.6 is 12.2 Å². The quantitative estimate of drug-likeness (QED) is 0.849. The van der Waals surface area contributed by atoms with Crippen LogP contribution in [0.3, 0.4) is 0 Å². The fraction of sp³-hybridized carbons (Fsp3) is 0.353. The van der Waals surface area contributed by atoms with Crippen molar-refractivity contribution < 1.29 is 0 Å². The lowest BCUT2D eigenvalue weighted by atomic mass is 9.98. The molecule has 1 aliphatic heterocycles. The Kier molecular flexibility index (Phi) is 3.17. The minimum atomic E-state index is 0.216. The van der Waals surface area contributed by atoms with Crippen molar-refractivity contribution in [2.75, 3.05) is 11.4 Å². The van der Waals surface area contributed by atoms with E-state index in [1.165, 1.54) is 23.9 Å². The number of fused-ring (bicyclic) bond motifs is 1. The predicted octanol–water partition coefficient (Wildman–Crippen LogP) is 3.85. The molecule has 0 aliphatic carbocycles. The van der Waals surface area contributed by atoms with Gasteiger partial charge in [0.15, 0.2) is 0 Å². The topological polar surface area (TPSA) is 29.3 Å². The number of nitrogens with two attached hydrogens (primary N) is 1. The van der Waals surface area contributed by atoms with Gasteiger partial charge in [0.2, 0.25) is 0 Å². The van der Waals surface area contributed by atoms with Crippen LogP contribution in [0.5, 0.6) is 0 Å². The summed E-state index contributed by atoms with van der Waals surface area (Å²) >= 11 is 5.18. The van der Waals surface area contributed by atoms with E-state index < -0.39 is 0 Å². The predicted molar refractivity (Wildman–Crippen MR) is 90.5 cm³/mol. The summed E-state index contributed by atoms with van der Waals surface area (Å²) in [6, 6.07) is 12.6. The molecule has 2 N–H and O–H groups in total. The van der Waals surface area contributed by atoms with Gasteiger partial charge in [0, 0.05) is 28.7 Å². The van der Waals surface area contributed by atoms with E-state index in [9.17, 15) is 0 Å². The summed E-state index contributed by atoms with van der Waals surface area (Å²) in [5.41, 5.74) is 8.33. The Morgan fingerprint density at radius 2 is 1.85 bits per heavy atom. The molecule has 0 bridgehead atoms. The van der Waals surface area contributed by atoms with E-state index in [1.807, 2.05) is 6.07 Å². The van der Waals surface area contributed by atoms with E-state index in [-0.39, 0.29) is 5.54 Å². The Balaban J connectivity index is 2.23. The zero-order valence-corrected chi connectivity index (χ0v) is 12.8. The highest BCUT2D eigenvalue weighted by Crippen LogP contribution is 2.38. The minimum absolute atomic E-state index is 0.216. The van der Waals surface area contributed by atoms with Crippen LogP contribution in [-0.4, -0.2) is 17.1 Å². The summed E-state index contributed by atoms with van der Waals surface area (Å²) in [6.07, 6.45) is 2.48. The van der Waals surface area contributed by atoms with Crippen LogP contribution in [-0.2, 0) is 0 Å². The molecule has 0 radical (unpaired) electrons. The SMILES string of the molecule is CC1(C)CCCN1c1ccc(C(N)=S)c2ccccc12. The lowest BCUT2D eigenvalue weighted by Crippen LogP contribution is -2.38. The van der Waals surface area contributed by atoms with Gasteiger partial charge in [-0.1, -0.05) is 36.5 Å². The highest BCUT2D eigenvalue weighted by Gasteiger charge is 2.32. The molecule has 1 fully saturated rings. The molecule has 3 heteroatoms. The third kappa shape index (κ3) is 2.06. The highest BCUT2D eigenvalue weighted by atomic mass is 32.1. The van der Waals surface area contributed by atoms with Crippen LogP contribution < -0.4 is 10.6 Å². The van der Waals surface area contributed by atoms with Gasteiger partial charge in [0.1, 0.15) is 4.99 Å². The number of thiocarbonyl (C=S) groups is 1. The first kappa shape index (κ1) is 13.4. The normalized spacial score (nSPS) is 17.6. The molecule has 0 aromatic heterocycles. The fourth-order valence-electron chi connectivity index (χ4n) is 3.29. The van der Waals surface area contributed by atoms with Gasteiger partial charge in [-0.3, -0.25) is 0 Å². The van der Waals surface area contributed by atoms with Crippen LogP contribution in [0.15, 0.2) is 36.4 Å². The number of benzene rings is 2. The second-order valence-electron chi connectivity index (χ2n) is 6.11. The van der Waals surface area contributed by atoms with Crippen molar-refractivity contribution in [3.8, 4) is 0 Å². The first-order chi connectivity index (χ1) is 9.50. The molecule has 3 rings (SSSR count).